The van der Waals surface area contributed by atoms with E-state index in [0.29, 0.717) is 37.5 Å². The van der Waals surface area contributed by atoms with Crippen molar-refractivity contribution in [2.75, 3.05) is 13.1 Å². The van der Waals surface area contributed by atoms with Crippen LogP contribution in [0.2, 0.25) is 0 Å². The van der Waals surface area contributed by atoms with E-state index in [1.54, 1.807) is 4.90 Å². The van der Waals surface area contributed by atoms with Crippen LogP contribution in [-0.4, -0.2) is 35.8 Å². The quantitative estimate of drug-likeness (QED) is 0.924. The highest BCUT2D eigenvalue weighted by molar-refractivity contribution is 5.94. The number of halogens is 1. The molecule has 5 heteroatoms. The molecule has 1 heterocycles. The van der Waals surface area contributed by atoms with Crippen LogP contribution in [-0.2, 0) is 4.79 Å². The molecule has 2 amide bonds. The van der Waals surface area contributed by atoms with Crippen molar-refractivity contribution < 1.29 is 14.0 Å². The molecule has 4 nitrogen and oxygen atoms in total. The summed E-state index contributed by atoms with van der Waals surface area (Å²) in [5.74, 6) is -0.272. The maximum absolute atomic E-state index is 13.0. The number of likely N-dealkylation sites (tertiary alicyclic amines) is 1. The zero-order valence-corrected chi connectivity index (χ0v) is 14.0. The third kappa shape index (κ3) is 4.13. The van der Waals surface area contributed by atoms with Crippen molar-refractivity contribution in [1.82, 2.24) is 10.2 Å². The summed E-state index contributed by atoms with van der Waals surface area (Å²) < 4.78 is 13.0. The largest absolute Gasteiger partial charge is 0.353 e. The zero-order valence-electron chi connectivity index (χ0n) is 14.0. The Kier molecular flexibility index (Phi) is 5.48. The highest BCUT2D eigenvalue weighted by Gasteiger charge is 2.29. The molecular weight excluding hydrogens is 307 g/mol. The first-order valence-corrected chi connectivity index (χ1v) is 8.99. The maximum Gasteiger partial charge on any atom is 0.253 e. The lowest BCUT2D eigenvalue weighted by atomic mass is 9.92. The third-order valence-electron chi connectivity index (χ3n) is 5.20. The molecule has 1 saturated heterocycles. The SMILES string of the molecule is O=C(NC1CCCCC1)C1CCN(C(=O)c2ccc(F)cc2)CC1. The predicted octanol–water partition coefficient (Wildman–Crippen LogP) is 3.13. The molecule has 0 atom stereocenters. The Morgan fingerprint density at radius 2 is 1.58 bits per heavy atom. The van der Waals surface area contributed by atoms with Crippen LogP contribution in [0.25, 0.3) is 0 Å². The van der Waals surface area contributed by atoms with Crippen LogP contribution >= 0.6 is 0 Å². The molecule has 0 bridgehead atoms. The summed E-state index contributed by atoms with van der Waals surface area (Å²) in [6.45, 7) is 1.16. The predicted molar refractivity (Wildman–Crippen MR) is 90.0 cm³/mol. The highest BCUT2D eigenvalue weighted by Crippen LogP contribution is 2.22. The second-order valence-corrected chi connectivity index (χ2v) is 6.92. The van der Waals surface area contributed by atoms with Gasteiger partial charge in [0.1, 0.15) is 5.82 Å². The van der Waals surface area contributed by atoms with E-state index < -0.39 is 0 Å². The van der Waals surface area contributed by atoms with Gasteiger partial charge in [-0.15, -0.1) is 0 Å². The second kappa shape index (κ2) is 7.77. The van der Waals surface area contributed by atoms with Crippen molar-refractivity contribution in [3.8, 4) is 0 Å². The molecule has 1 aromatic carbocycles. The first-order valence-electron chi connectivity index (χ1n) is 8.99. The Hall–Kier alpha value is -1.91. The monoisotopic (exact) mass is 332 g/mol. The Bertz CT molecular complexity index is 574. The van der Waals surface area contributed by atoms with Gasteiger partial charge in [-0.1, -0.05) is 19.3 Å². The molecule has 1 aliphatic heterocycles. The fourth-order valence-electron chi connectivity index (χ4n) is 3.69. The van der Waals surface area contributed by atoms with Gasteiger partial charge in [0, 0.05) is 30.6 Å². The van der Waals surface area contributed by atoms with Crippen LogP contribution in [0.3, 0.4) is 0 Å². The number of nitrogens with zero attached hydrogens (tertiary/aromatic N) is 1. The van der Waals surface area contributed by atoms with Gasteiger partial charge >= 0.3 is 0 Å². The van der Waals surface area contributed by atoms with Gasteiger partial charge in [0.05, 0.1) is 0 Å². The molecule has 1 aliphatic carbocycles. The summed E-state index contributed by atoms with van der Waals surface area (Å²) in [5, 5.41) is 3.19. The molecule has 2 fully saturated rings. The van der Waals surface area contributed by atoms with Crippen molar-refractivity contribution in [3.63, 3.8) is 0 Å². The fraction of sp³-hybridized carbons (Fsp3) is 0.579. The molecule has 3 rings (SSSR count). The number of hydrogen-bond donors (Lipinski definition) is 1. The number of carbonyl (C=O) groups is 2. The van der Waals surface area contributed by atoms with Gasteiger partial charge in [0.25, 0.3) is 5.91 Å². The third-order valence-corrected chi connectivity index (χ3v) is 5.20. The molecule has 2 aliphatic rings. The molecule has 1 saturated carbocycles. The average Bonchev–Trinajstić information content (AvgIpc) is 2.63. The minimum absolute atomic E-state index is 0.00388. The van der Waals surface area contributed by atoms with E-state index in [1.165, 1.54) is 43.5 Å². The number of hydrogen-bond acceptors (Lipinski definition) is 2. The Morgan fingerprint density at radius 3 is 2.21 bits per heavy atom. The van der Waals surface area contributed by atoms with Crippen LogP contribution in [0.4, 0.5) is 4.39 Å². The van der Waals surface area contributed by atoms with Gasteiger partial charge in [0.2, 0.25) is 5.91 Å². The molecule has 0 unspecified atom stereocenters. The smallest absolute Gasteiger partial charge is 0.253 e. The van der Waals surface area contributed by atoms with Gasteiger partial charge in [-0.25, -0.2) is 4.39 Å². The van der Waals surface area contributed by atoms with E-state index in [-0.39, 0.29) is 23.5 Å². The summed E-state index contributed by atoms with van der Waals surface area (Å²) in [5.41, 5.74) is 0.501. The lowest BCUT2D eigenvalue weighted by molar-refractivity contribution is -0.127. The summed E-state index contributed by atoms with van der Waals surface area (Å²) in [4.78, 5) is 26.6. The summed E-state index contributed by atoms with van der Waals surface area (Å²) in [6.07, 6.45) is 7.26. The van der Waals surface area contributed by atoms with Crippen molar-refractivity contribution in [2.24, 2.45) is 5.92 Å². The molecule has 1 aromatic rings. The van der Waals surface area contributed by atoms with Crippen molar-refractivity contribution >= 4 is 11.8 Å². The standard InChI is InChI=1S/C19H25FN2O2/c20-16-8-6-15(7-9-16)19(24)22-12-10-14(11-13-22)18(23)21-17-4-2-1-3-5-17/h6-9,14,17H,1-5,10-13H2,(H,21,23). The van der Waals surface area contributed by atoms with E-state index in [4.69, 9.17) is 0 Å². The first kappa shape index (κ1) is 16.9. The number of piperidine rings is 1. The Labute approximate surface area is 142 Å². The molecular formula is C19H25FN2O2. The van der Waals surface area contributed by atoms with Crippen molar-refractivity contribution in [3.05, 3.63) is 35.6 Å². The number of amides is 2. The topological polar surface area (TPSA) is 49.4 Å². The van der Waals surface area contributed by atoms with Crippen LogP contribution < -0.4 is 5.32 Å². The number of rotatable bonds is 3. The molecule has 0 spiro atoms. The van der Waals surface area contributed by atoms with Gasteiger partial charge in [-0.3, -0.25) is 9.59 Å². The summed E-state index contributed by atoms with van der Waals surface area (Å²) >= 11 is 0. The van der Waals surface area contributed by atoms with Gasteiger partial charge in [-0.2, -0.15) is 0 Å². The van der Waals surface area contributed by atoms with Gasteiger partial charge < -0.3 is 10.2 Å². The number of benzene rings is 1. The molecule has 1 N–H and O–H groups in total. The summed E-state index contributed by atoms with van der Waals surface area (Å²) in [6, 6.07) is 5.97. The van der Waals surface area contributed by atoms with Crippen LogP contribution in [0.15, 0.2) is 24.3 Å². The Morgan fingerprint density at radius 1 is 0.958 bits per heavy atom. The number of nitrogens with one attached hydrogen (secondary N) is 1. The van der Waals surface area contributed by atoms with Crippen molar-refractivity contribution in [1.29, 1.82) is 0 Å². The minimum atomic E-state index is -0.343. The van der Waals surface area contributed by atoms with Gasteiger partial charge in [0.15, 0.2) is 0 Å². The molecule has 0 radical (unpaired) electrons. The Balaban J connectivity index is 1.48. The van der Waals surface area contributed by atoms with Gasteiger partial charge in [-0.05, 0) is 49.9 Å². The van der Waals surface area contributed by atoms with E-state index >= 15 is 0 Å². The zero-order chi connectivity index (χ0) is 16.9. The van der Waals surface area contributed by atoms with E-state index in [2.05, 4.69) is 5.32 Å². The second-order valence-electron chi connectivity index (χ2n) is 6.92. The van der Waals surface area contributed by atoms with E-state index in [0.717, 1.165) is 12.8 Å². The van der Waals surface area contributed by atoms with E-state index in [9.17, 15) is 14.0 Å². The molecule has 24 heavy (non-hydrogen) atoms. The maximum atomic E-state index is 13.0. The van der Waals surface area contributed by atoms with E-state index in [1.807, 2.05) is 0 Å². The van der Waals surface area contributed by atoms with Crippen molar-refractivity contribution in [2.45, 2.75) is 51.0 Å². The minimum Gasteiger partial charge on any atom is -0.353 e. The lowest BCUT2D eigenvalue weighted by Gasteiger charge is -2.33. The highest BCUT2D eigenvalue weighted by atomic mass is 19.1. The summed E-state index contributed by atoms with van der Waals surface area (Å²) in [7, 11) is 0. The number of carbonyl (C=O) groups excluding carboxylic acids is 2. The lowest BCUT2D eigenvalue weighted by Crippen LogP contribution is -2.45. The molecule has 0 aromatic heterocycles. The normalized spacial score (nSPS) is 20.0. The first-order chi connectivity index (χ1) is 11.6. The van der Waals surface area contributed by atoms with Crippen LogP contribution in [0.5, 0.6) is 0 Å². The average molecular weight is 332 g/mol. The fourth-order valence-corrected chi connectivity index (χ4v) is 3.69. The molecule has 130 valence electrons. The van der Waals surface area contributed by atoms with Crippen LogP contribution in [0.1, 0.15) is 55.3 Å². The van der Waals surface area contributed by atoms with Crippen LogP contribution in [0, 0.1) is 11.7 Å².